The van der Waals surface area contributed by atoms with Crippen LogP contribution in [0.3, 0.4) is 0 Å². The van der Waals surface area contributed by atoms with E-state index in [-0.39, 0.29) is 5.41 Å². The highest BCUT2D eigenvalue weighted by atomic mass is 14.2. The van der Waals surface area contributed by atoms with Crippen LogP contribution in [0.1, 0.15) is 37.5 Å². The van der Waals surface area contributed by atoms with Gasteiger partial charge in [0.1, 0.15) is 0 Å². The molecule has 116 valence electrons. The molecular weight excluding hydrogens is 276 g/mol. The van der Waals surface area contributed by atoms with Crippen molar-refractivity contribution in [1.82, 2.24) is 0 Å². The van der Waals surface area contributed by atoms with Crippen molar-refractivity contribution in [1.29, 1.82) is 0 Å². The molecule has 0 fully saturated rings. The van der Waals surface area contributed by atoms with Crippen LogP contribution in [-0.4, -0.2) is 0 Å². The van der Waals surface area contributed by atoms with Gasteiger partial charge in [-0.3, -0.25) is 0 Å². The van der Waals surface area contributed by atoms with Gasteiger partial charge < -0.3 is 0 Å². The van der Waals surface area contributed by atoms with E-state index in [0.717, 1.165) is 6.42 Å². The van der Waals surface area contributed by atoms with E-state index in [1.54, 1.807) is 0 Å². The first-order valence-corrected chi connectivity index (χ1v) is 8.26. The summed E-state index contributed by atoms with van der Waals surface area (Å²) in [5.74, 6) is 0. The van der Waals surface area contributed by atoms with Crippen LogP contribution in [0.2, 0.25) is 0 Å². The van der Waals surface area contributed by atoms with Crippen molar-refractivity contribution in [3.05, 3.63) is 95.6 Å². The third kappa shape index (κ3) is 3.90. The van der Waals surface area contributed by atoms with Gasteiger partial charge in [0.15, 0.2) is 0 Å². The van der Waals surface area contributed by atoms with Crippen LogP contribution < -0.4 is 0 Å². The second kappa shape index (κ2) is 6.42. The van der Waals surface area contributed by atoms with Crippen LogP contribution in [0.25, 0.3) is 11.1 Å². The molecule has 0 heterocycles. The van der Waals surface area contributed by atoms with Crippen LogP contribution in [-0.2, 0) is 11.8 Å². The zero-order chi connectivity index (χ0) is 16.3. The first-order valence-electron chi connectivity index (χ1n) is 8.26. The summed E-state index contributed by atoms with van der Waals surface area (Å²) in [5.41, 5.74) is 6.88. The lowest BCUT2D eigenvalue weighted by Gasteiger charge is -2.19. The fourth-order valence-corrected chi connectivity index (χ4v) is 2.80. The fraction of sp³-hybridized carbons (Fsp3) is 0.217. The summed E-state index contributed by atoms with van der Waals surface area (Å²) in [7, 11) is 0. The second-order valence-corrected chi connectivity index (χ2v) is 7.19. The lowest BCUT2D eigenvalue weighted by molar-refractivity contribution is 0.590. The molecule has 0 aliphatic carbocycles. The van der Waals surface area contributed by atoms with Crippen molar-refractivity contribution < 1.29 is 0 Å². The molecule has 0 spiro atoms. The minimum atomic E-state index is 0.218. The average Bonchev–Trinajstić information content (AvgIpc) is 2.56. The van der Waals surface area contributed by atoms with Gasteiger partial charge >= 0.3 is 0 Å². The van der Waals surface area contributed by atoms with Gasteiger partial charge in [-0.15, -0.1) is 0 Å². The Kier molecular flexibility index (Phi) is 4.34. The van der Waals surface area contributed by atoms with Crippen LogP contribution in [0.15, 0.2) is 78.9 Å². The van der Waals surface area contributed by atoms with Crippen molar-refractivity contribution >= 4 is 0 Å². The van der Waals surface area contributed by atoms with Crippen molar-refractivity contribution in [2.24, 2.45) is 0 Å². The van der Waals surface area contributed by atoms with Gasteiger partial charge in [0, 0.05) is 0 Å². The molecule has 3 aromatic carbocycles. The fourth-order valence-electron chi connectivity index (χ4n) is 2.80. The standard InChI is InChI=1S/C23H24/c1-23(2,3)22-15-11-19(12-16-22)17-18-9-13-21(14-10-18)20-7-5-4-6-8-20/h4-16H,17H2,1-3H3. The molecule has 3 rings (SSSR count). The Bertz CT molecular complexity index is 742. The highest BCUT2D eigenvalue weighted by molar-refractivity contribution is 5.63. The largest absolute Gasteiger partial charge is 0.0622 e. The van der Waals surface area contributed by atoms with Gasteiger partial charge in [-0.05, 0) is 39.7 Å². The topological polar surface area (TPSA) is 0 Å². The van der Waals surface area contributed by atoms with Gasteiger partial charge in [0.05, 0.1) is 0 Å². The predicted octanol–water partition coefficient (Wildman–Crippen LogP) is 6.24. The van der Waals surface area contributed by atoms with E-state index in [1.165, 1.54) is 27.8 Å². The maximum Gasteiger partial charge on any atom is -0.00258 e. The summed E-state index contributed by atoms with van der Waals surface area (Å²) < 4.78 is 0. The van der Waals surface area contributed by atoms with Crippen LogP contribution in [0.5, 0.6) is 0 Å². The molecule has 0 aliphatic rings. The minimum Gasteiger partial charge on any atom is -0.0622 e. The number of hydrogen-bond donors (Lipinski definition) is 0. The molecule has 0 nitrogen and oxygen atoms in total. The molecule has 0 saturated heterocycles. The molecule has 0 N–H and O–H groups in total. The maximum atomic E-state index is 2.26. The van der Waals surface area contributed by atoms with Gasteiger partial charge in [0.2, 0.25) is 0 Å². The number of rotatable bonds is 3. The van der Waals surface area contributed by atoms with Gasteiger partial charge in [-0.25, -0.2) is 0 Å². The Morgan fingerprint density at radius 3 is 1.57 bits per heavy atom. The molecule has 3 aromatic rings. The lowest BCUT2D eigenvalue weighted by Crippen LogP contribution is -2.10. The molecule has 0 atom stereocenters. The third-order valence-corrected chi connectivity index (χ3v) is 4.29. The first-order chi connectivity index (χ1) is 11.0. The van der Waals surface area contributed by atoms with E-state index in [0.29, 0.717) is 0 Å². The Morgan fingerprint density at radius 2 is 1.04 bits per heavy atom. The summed E-state index contributed by atoms with van der Waals surface area (Å²) in [6.07, 6.45) is 0.986. The average molecular weight is 300 g/mol. The van der Waals surface area contributed by atoms with Gasteiger partial charge in [0.25, 0.3) is 0 Å². The van der Waals surface area contributed by atoms with Gasteiger partial charge in [-0.2, -0.15) is 0 Å². The van der Waals surface area contributed by atoms with Crippen molar-refractivity contribution in [3.8, 4) is 11.1 Å². The summed E-state index contributed by atoms with van der Waals surface area (Å²) in [4.78, 5) is 0. The minimum absolute atomic E-state index is 0.218. The van der Waals surface area contributed by atoms with E-state index in [4.69, 9.17) is 0 Å². The summed E-state index contributed by atoms with van der Waals surface area (Å²) in [5, 5.41) is 0. The lowest BCUT2D eigenvalue weighted by atomic mass is 9.86. The normalized spacial score (nSPS) is 11.4. The van der Waals surface area contributed by atoms with Crippen LogP contribution in [0, 0.1) is 0 Å². The SMILES string of the molecule is CC(C)(C)c1ccc(Cc2ccc(-c3ccccc3)cc2)cc1. The molecule has 0 unspecified atom stereocenters. The van der Waals surface area contributed by atoms with Crippen LogP contribution in [0.4, 0.5) is 0 Å². The van der Waals surface area contributed by atoms with Gasteiger partial charge in [-0.1, -0.05) is 99.6 Å². The molecule has 0 aliphatic heterocycles. The molecule has 0 bridgehead atoms. The highest BCUT2D eigenvalue weighted by Gasteiger charge is 2.12. The quantitative estimate of drug-likeness (QED) is 0.537. The Labute approximate surface area is 139 Å². The monoisotopic (exact) mass is 300 g/mol. The predicted molar refractivity (Wildman–Crippen MR) is 99.8 cm³/mol. The second-order valence-electron chi connectivity index (χ2n) is 7.19. The Balaban J connectivity index is 1.74. The zero-order valence-corrected chi connectivity index (χ0v) is 14.2. The van der Waals surface area contributed by atoms with E-state index >= 15 is 0 Å². The van der Waals surface area contributed by atoms with E-state index in [2.05, 4.69) is 99.6 Å². The maximum absolute atomic E-state index is 2.26. The summed E-state index contributed by atoms with van der Waals surface area (Å²) >= 11 is 0. The smallest absolute Gasteiger partial charge is 0.00258 e. The molecule has 0 aromatic heterocycles. The van der Waals surface area contributed by atoms with Crippen molar-refractivity contribution in [3.63, 3.8) is 0 Å². The zero-order valence-electron chi connectivity index (χ0n) is 14.2. The molecule has 23 heavy (non-hydrogen) atoms. The molecule has 0 radical (unpaired) electrons. The molecule has 0 amide bonds. The van der Waals surface area contributed by atoms with Crippen LogP contribution >= 0.6 is 0 Å². The Hall–Kier alpha value is -2.34. The van der Waals surface area contributed by atoms with Crippen molar-refractivity contribution in [2.75, 3.05) is 0 Å². The summed E-state index contributed by atoms with van der Waals surface area (Å²) in [6.45, 7) is 6.76. The van der Waals surface area contributed by atoms with E-state index in [1.807, 2.05) is 0 Å². The number of benzene rings is 3. The number of hydrogen-bond acceptors (Lipinski definition) is 0. The molecule has 0 heteroatoms. The Morgan fingerprint density at radius 1 is 0.565 bits per heavy atom. The third-order valence-electron chi connectivity index (χ3n) is 4.29. The molecule has 0 saturated carbocycles. The van der Waals surface area contributed by atoms with Crippen molar-refractivity contribution in [2.45, 2.75) is 32.6 Å². The summed E-state index contributed by atoms with van der Waals surface area (Å²) in [6, 6.07) is 28.5. The first kappa shape index (κ1) is 15.6. The van der Waals surface area contributed by atoms with E-state index in [9.17, 15) is 0 Å². The highest BCUT2D eigenvalue weighted by Crippen LogP contribution is 2.24. The van der Waals surface area contributed by atoms with E-state index < -0.39 is 0 Å². The molecular formula is C23H24.